The van der Waals surface area contributed by atoms with Gasteiger partial charge < -0.3 is 13.9 Å². The number of carbonyl (C=O) groups is 1. The molecular formula is C13H16N4O4. The zero-order valence-electron chi connectivity index (χ0n) is 11.4. The first-order valence-corrected chi connectivity index (χ1v) is 6.78. The molecule has 3 heterocycles. The van der Waals surface area contributed by atoms with Crippen LogP contribution < -0.4 is 5.32 Å². The van der Waals surface area contributed by atoms with Gasteiger partial charge in [-0.1, -0.05) is 5.10 Å². The van der Waals surface area contributed by atoms with Gasteiger partial charge in [0, 0.05) is 6.54 Å². The number of nitrogens with one attached hydrogen (secondary N) is 1. The molecule has 1 aliphatic rings. The highest BCUT2D eigenvalue weighted by atomic mass is 16.4. The molecule has 112 valence electrons. The normalized spacial score (nSPS) is 19.6. The Kier molecular flexibility index (Phi) is 3.98. The highest BCUT2D eigenvalue weighted by molar-refractivity contribution is 5.90. The fraction of sp³-hybridized carbons (Fsp3) is 0.462. The predicted octanol–water partition coefficient (Wildman–Crippen LogP) is 0.725. The van der Waals surface area contributed by atoms with Gasteiger partial charge in [0.15, 0.2) is 5.76 Å². The number of piperidine rings is 1. The molecule has 0 aromatic carbocycles. The van der Waals surface area contributed by atoms with Crippen LogP contribution in [-0.2, 0) is 4.79 Å². The third-order valence-corrected chi connectivity index (χ3v) is 3.25. The Morgan fingerprint density at radius 3 is 3.19 bits per heavy atom. The van der Waals surface area contributed by atoms with Crippen LogP contribution in [0.15, 0.2) is 27.2 Å². The number of furan rings is 1. The van der Waals surface area contributed by atoms with Crippen molar-refractivity contribution < 1.29 is 18.7 Å². The lowest BCUT2D eigenvalue weighted by Crippen LogP contribution is -2.42. The van der Waals surface area contributed by atoms with Crippen molar-refractivity contribution in [3.63, 3.8) is 0 Å². The molecule has 2 aromatic rings. The van der Waals surface area contributed by atoms with Gasteiger partial charge in [-0.2, -0.15) is 0 Å². The van der Waals surface area contributed by atoms with Gasteiger partial charge in [0.25, 0.3) is 5.89 Å². The summed E-state index contributed by atoms with van der Waals surface area (Å²) >= 11 is 0. The van der Waals surface area contributed by atoms with Crippen LogP contribution in [0, 0.1) is 0 Å². The van der Waals surface area contributed by atoms with E-state index in [2.05, 4.69) is 15.5 Å². The Hall–Kier alpha value is -2.19. The van der Waals surface area contributed by atoms with Gasteiger partial charge in [0.05, 0.1) is 18.9 Å². The number of anilines is 1. The summed E-state index contributed by atoms with van der Waals surface area (Å²) in [5.74, 6) is 0.407. The molecule has 2 aromatic heterocycles. The van der Waals surface area contributed by atoms with Crippen molar-refractivity contribution in [1.82, 2.24) is 15.1 Å². The lowest BCUT2D eigenvalue weighted by atomic mass is 10.1. The molecule has 8 heteroatoms. The van der Waals surface area contributed by atoms with E-state index >= 15 is 0 Å². The van der Waals surface area contributed by atoms with Gasteiger partial charge >= 0.3 is 6.01 Å². The fourth-order valence-electron chi connectivity index (χ4n) is 2.31. The maximum absolute atomic E-state index is 11.9. The van der Waals surface area contributed by atoms with Crippen molar-refractivity contribution in [1.29, 1.82) is 0 Å². The number of likely N-dealkylation sites (tertiary alicyclic amines) is 1. The van der Waals surface area contributed by atoms with Gasteiger partial charge in [0.2, 0.25) is 5.91 Å². The van der Waals surface area contributed by atoms with Crippen molar-refractivity contribution >= 4 is 11.9 Å². The molecule has 0 spiro atoms. The Bertz CT molecular complexity index is 595. The molecule has 0 bridgehead atoms. The standard InChI is InChI=1S/C13H16N4O4/c18-9-3-1-5-17(7-9)8-11(19)14-13-16-15-12(21-13)10-4-2-6-20-10/h2,4,6,9,18H,1,3,5,7-8H2,(H,14,16,19). The van der Waals surface area contributed by atoms with Crippen molar-refractivity contribution in [2.75, 3.05) is 25.0 Å². The highest BCUT2D eigenvalue weighted by Crippen LogP contribution is 2.19. The smallest absolute Gasteiger partial charge is 0.322 e. The molecule has 1 saturated heterocycles. The maximum atomic E-state index is 11.9. The number of hydrogen-bond acceptors (Lipinski definition) is 7. The second-order valence-corrected chi connectivity index (χ2v) is 4.97. The Morgan fingerprint density at radius 2 is 2.43 bits per heavy atom. The molecule has 8 nitrogen and oxygen atoms in total. The molecule has 0 radical (unpaired) electrons. The average molecular weight is 292 g/mol. The number of hydrogen-bond donors (Lipinski definition) is 2. The number of β-amino-alcohol motifs (C(OH)–C–C–N with tert-alkyl or cyclic N) is 1. The van der Waals surface area contributed by atoms with E-state index in [9.17, 15) is 9.90 Å². The average Bonchev–Trinajstić information content (AvgIpc) is 3.08. The summed E-state index contributed by atoms with van der Waals surface area (Å²) in [4.78, 5) is 13.8. The van der Waals surface area contributed by atoms with E-state index in [0.717, 1.165) is 19.4 Å². The minimum absolute atomic E-state index is 0.0314. The Labute approximate surface area is 120 Å². The number of carbonyl (C=O) groups excluding carboxylic acids is 1. The lowest BCUT2D eigenvalue weighted by Gasteiger charge is -2.28. The van der Waals surface area contributed by atoms with E-state index in [4.69, 9.17) is 8.83 Å². The molecule has 1 amide bonds. The zero-order chi connectivity index (χ0) is 14.7. The van der Waals surface area contributed by atoms with Gasteiger partial charge in [-0.3, -0.25) is 15.0 Å². The first-order valence-electron chi connectivity index (χ1n) is 6.78. The van der Waals surface area contributed by atoms with Gasteiger partial charge in [-0.05, 0) is 31.5 Å². The summed E-state index contributed by atoms with van der Waals surface area (Å²) in [5.41, 5.74) is 0. The van der Waals surface area contributed by atoms with Crippen LogP contribution in [0.1, 0.15) is 12.8 Å². The number of nitrogens with zero attached hydrogens (tertiary/aromatic N) is 3. The van der Waals surface area contributed by atoms with Crippen LogP contribution in [0.25, 0.3) is 11.7 Å². The lowest BCUT2D eigenvalue weighted by molar-refractivity contribution is -0.118. The minimum atomic E-state index is -0.361. The van der Waals surface area contributed by atoms with Crippen molar-refractivity contribution in [3.8, 4) is 11.7 Å². The summed E-state index contributed by atoms with van der Waals surface area (Å²) in [6.45, 7) is 1.50. The second kappa shape index (κ2) is 6.06. The number of rotatable bonds is 4. The summed E-state index contributed by atoms with van der Waals surface area (Å²) in [6, 6.07) is 3.43. The van der Waals surface area contributed by atoms with Gasteiger partial charge in [0.1, 0.15) is 0 Å². The molecule has 1 atom stereocenters. The molecule has 1 aliphatic heterocycles. The van der Waals surface area contributed by atoms with Crippen molar-refractivity contribution in [3.05, 3.63) is 18.4 Å². The molecule has 1 unspecified atom stereocenters. The summed E-state index contributed by atoms with van der Waals surface area (Å²) in [7, 11) is 0. The molecule has 2 N–H and O–H groups in total. The van der Waals surface area contributed by atoms with Crippen LogP contribution in [0.3, 0.4) is 0 Å². The van der Waals surface area contributed by atoms with Gasteiger partial charge in [-0.15, -0.1) is 5.10 Å². The molecule has 0 saturated carbocycles. The minimum Gasteiger partial charge on any atom is -0.459 e. The maximum Gasteiger partial charge on any atom is 0.322 e. The van der Waals surface area contributed by atoms with E-state index in [1.165, 1.54) is 6.26 Å². The topological polar surface area (TPSA) is 105 Å². The number of aliphatic hydroxyl groups excluding tert-OH is 1. The molecule has 21 heavy (non-hydrogen) atoms. The molecule has 1 fully saturated rings. The van der Waals surface area contributed by atoms with Crippen LogP contribution in [-0.4, -0.2) is 51.8 Å². The highest BCUT2D eigenvalue weighted by Gasteiger charge is 2.20. The summed E-state index contributed by atoms with van der Waals surface area (Å²) < 4.78 is 10.4. The molecular weight excluding hydrogens is 276 g/mol. The largest absolute Gasteiger partial charge is 0.459 e. The zero-order valence-corrected chi connectivity index (χ0v) is 11.4. The van der Waals surface area contributed by atoms with Crippen molar-refractivity contribution in [2.24, 2.45) is 0 Å². The first kappa shape index (κ1) is 13.8. The Balaban J connectivity index is 1.55. The third kappa shape index (κ3) is 3.47. The number of aromatic nitrogens is 2. The summed E-state index contributed by atoms with van der Waals surface area (Å²) in [6.07, 6.45) is 2.81. The van der Waals surface area contributed by atoms with E-state index < -0.39 is 0 Å². The number of amides is 1. The SMILES string of the molecule is O=C(CN1CCCC(O)C1)Nc1nnc(-c2ccco2)o1. The van der Waals surface area contributed by atoms with Crippen LogP contribution in [0.5, 0.6) is 0 Å². The third-order valence-electron chi connectivity index (χ3n) is 3.25. The summed E-state index contributed by atoms with van der Waals surface area (Å²) in [5, 5.41) is 19.6. The fourth-order valence-corrected chi connectivity index (χ4v) is 2.31. The van der Waals surface area contributed by atoms with E-state index in [-0.39, 0.29) is 30.5 Å². The van der Waals surface area contributed by atoms with Crippen LogP contribution in [0.2, 0.25) is 0 Å². The van der Waals surface area contributed by atoms with E-state index in [0.29, 0.717) is 12.3 Å². The second-order valence-electron chi connectivity index (χ2n) is 4.97. The van der Waals surface area contributed by atoms with Crippen LogP contribution in [0.4, 0.5) is 6.01 Å². The number of aliphatic hydroxyl groups is 1. The van der Waals surface area contributed by atoms with Crippen molar-refractivity contribution in [2.45, 2.75) is 18.9 Å². The monoisotopic (exact) mass is 292 g/mol. The van der Waals surface area contributed by atoms with E-state index in [1.54, 1.807) is 12.1 Å². The quantitative estimate of drug-likeness (QED) is 0.855. The van der Waals surface area contributed by atoms with Crippen LogP contribution >= 0.6 is 0 Å². The van der Waals surface area contributed by atoms with Gasteiger partial charge in [-0.25, -0.2) is 0 Å². The van der Waals surface area contributed by atoms with E-state index in [1.807, 2.05) is 4.90 Å². The first-order chi connectivity index (χ1) is 10.2. The Morgan fingerprint density at radius 1 is 1.52 bits per heavy atom. The molecule has 3 rings (SSSR count). The molecule has 0 aliphatic carbocycles. The predicted molar refractivity (Wildman–Crippen MR) is 72.3 cm³/mol.